The van der Waals surface area contributed by atoms with Crippen LogP contribution in [0.3, 0.4) is 0 Å². The van der Waals surface area contributed by atoms with Crippen LogP contribution in [-0.2, 0) is 34.9 Å². The number of hydrogen-bond acceptors (Lipinski definition) is 13. The highest BCUT2D eigenvalue weighted by atomic mass is 19.1. The molecule has 1 aliphatic rings. The van der Waals surface area contributed by atoms with Crippen molar-refractivity contribution in [3.05, 3.63) is 223 Å². The largest absolute Gasteiger partial charge is 0.494 e. The SMILES string of the molecule is CC(C)(C)OC(=O)C[C@H](O)C[C@H](O)CCn1c(-c2ccccc2)nc(-c2ccncc2)c1-c1ccc(F)cc1.CC(C)(C)OC(=O)C[C@H]1C[C@@H](CCN)OB(c2ccccc2)O1.O=C(NC(C(=O)c1ccc(F)cc1)c1ccccc1)c1ccccc1. The number of esters is 2. The zero-order chi connectivity index (χ0) is 62.5. The minimum atomic E-state index is -1.03. The van der Waals surface area contributed by atoms with Crippen molar-refractivity contribution in [2.45, 2.75) is 128 Å². The van der Waals surface area contributed by atoms with Crippen molar-refractivity contribution in [1.82, 2.24) is 19.9 Å². The van der Waals surface area contributed by atoms with Gasteiger partial charge in [0.25, 0.3) is 5.91 Å². The van der Waals surface area contributed by atoms with Crippen molar-refractivity contribution in [2.24, 2.45) is 5.73 Å². The molecule has 1 fully saturated rings. The second-order valence-electron chi connectivity index (χ2n) is 22.9. The average Bonchev–Trinajstić information content (AvgIpc) is 1.87. The summed E-state index contributed by atoms with van der Waals surface area (Å²) in [4.78, 5) is 58.7. The molecule has 1 amide bonds. The summed E-state index contributed by atoms with van der Waals surface area (Å²) in [6, 6.07) is 51.6. The van der Waals surface area contributed by atoms with Crippen LogP contribution in [0.1, 0.15) is 112 Å². The van der Waals surface area contributed by atoms with Gasteiger partial charge in [-0.3, -0.25) is 24.2 Å². The molecule has 1 aliphatic heterocycles. The van der Waals surface area contributed by atoms with Gasteiger partial charge in [0.15, 0.2) is 5.78 Å². The van der Waals surface area contributed by atoms with Crippen molar-refractivity contribution < 1.29 is 57.0 Å². The first-order valence-corrected chi connectivity index (χ1v) is 29.0. The summed E-state index contributed by atoms with van der Waals surface area (Å²) < 4.78 is 51.6. The predicted molar refractivity (Wildman–Crippen MR) is 332 cm³/mol. The number of pyridine rings is 1. The Kier molecular flexibility index (Phi) is 24.1. The lowest BCUT2D eigenvalue weighted by molar-refractivity contribution is -0.158. The zero-order valence-corrected chi connectivity index (χ0v) is 49.9. The number of ether oxygens (including phenoxy) is 2. The third-order valence-electron chi connectivity index (χ3n) is 13.5. The number of carbonyl (C=O) groups is 4. The van der Waals surface area contributed by atoms with Crippen LogP contribution in [0.4, 0.5) is 8.78 Å². The Morgan fingerprint density at radius 1 is 0.655 bits per heavy atom. The summed E-state index contributed by atoms with van der Waals surface area (Å²) >= 11 is 0. The van der Waals surface area contributed by atoms with Crippen molar-refractivity contribution >= 4 is 36.2 Å². The molecule has 87 heavy (non-hydrogen) atoms. The van der Waals surface area contributed by atoms with E-state index < -0.39 is 48.4 Å². The van der Waals surface area contributed by atoms with Gasteiger partial charge in [-0.1, -0.05) is 109 Å². The van der Waals surface area contributed by atoms with E-state index >= 15 is 0 Å². The van der Waals surface area contributed by atoms with E-state index in [1.807, 2.05) is 110 Å². The number of carbonyl (C=O) groups excluding carboxylic acids is 4. The highest BCUT2D eigenvalue weighted by molar-refractivity contribution is 6.61. The molecule has 18 heteroatoms. The van der Waals surface area contributed by atoms with Gasteiger partial charge in [-0.25, -0.2) is 13.8 Å². The van der Waals surface area contributed by atoms with E-state index in [0.717, 1.165) is 34.3 Å². The zero-order valence-electron chi connectivity index (χ0n) is 49.9. The molecule has 5 N–H and O–H groups in total. The molecule has 0 radical (unpaired) electrons. The lowest BCUT2D eigenvalue weighted by atomic mass is 9.76. The number of nitrogens with zero attached hydrogens (tertiary/aromatic N) is 3. The monoisotopic (exact) mass is 1180 g/mol. The number of aliphatic hydroxyl groups excluding tert-OH is 2. The number of aromatic nitrogens is 3. The first-order valence-electron chi connectivity index (χ1n) is 29.0. The minimum absolute atomic E-state index is 0.00797. The molecule has 454 valence electrons. The number of Topliss-reactive ketones (excluding diaryl/α,β-unsaturated/α-hetero) is 1. The van der Waals surface area contributed by atoms with E-state index in [1.54, 1.807) is 93.8 Å². The lowest BCUT2D eigenvalue weighted by Crippen LogP contribution is -2.49. The fourth-order valence-corrected chi connectivity index (χ4v) is 9.61. The summed E-state index contributed by atoms with van der Waals surface area (Å²) in [5.41, 5.74) is 11.0. The number of nitrogens with two attached hydrogens (primary N) is 1. The summed E-state index contributed by atoms with van der Waals surface area (Å²) in [6.07, 6.45) is 3.01. The van der Waals surface area contributed by atoms with Gasteiger partial charge in [-0.15, -0.1) is 0 Å². The molecule has 3 heterocycles. The van der Waals surface area contributed by atoms with Crippen LogP contribution < -0.4 is 16.5 Å². The van der Waals surface area contributed by atoms with E-state index in [0.29, 0.717) is 54.1 Å². The third-order valence-corrected chi connectivity index (χ3v) is 13.5. The number of imidazole rings is 1. The maximum Gasteiger partial charge on any atom is 0.494 e. The average molecular weight is 1180 g/mol. The molecule has 1 saturated heterocycles. The van der Waals surface area contributed by atoms with Gasteiger partial charge in [-0.2, -0.15) is 0 Å². The number of rotatable bonds is 20. The number of ketones is 1. The van der Waals surface area contributed by atoms with Gasteiger partial charge in [-0.05, 0) is 158 Å². The number of nitrogens with one attached hydrogen (secondary N) is 1. The topological polar surface area (TPSA) is 214 Å². The molecule has 9 rings (SSSR count). The van der Waals surface area contributed by atoms with E-state index in [1.165, 1.54) is 36.4 Å². The summed E-state index contributed by atoms with van der Waals surface area (Å²) in [7, 11) is -0.464. The van der Waals surface area contributed by atoms with Crippen LogP contribution in [0.15, 0.2) is 194 Å². The van der Waals surface area contributed by atoms with E-state index in [2.05, 4.69) is 10.3 Å². The van der Waals surface area contributed by atoms with Crippen LogP contribution in [0.25, 0.3) is 33.9 Å². The van der Waals surface area contributed by atoms with Gasteiger partial charge in [0.05, 0.1) is 42.5 Å². The second-order valence-corrected chi connectivity index (χ2v) is 22.9. The minimum Gasteiger partial charge on any atom is -0.460 e. The molecule has 8 aromatic rings. The second kappa shape index (κ2) is 31.7. The van der Waals surface area contributed by atoms with Crippen molar-refractivity contribution in [3.8, 4) is 33.9 Å². The number of benzene rings is 6. The van der Waals surface area contributed by atoms with Crippen LogP contribution in [-0.4, -0.2) is 97.7 Å². The van der Waals surface area contributed by atoms with Gasteiger partial charge >= 0.3 is 19.1 Å². The standard InChI is InChI=1S/C31H34FN3O4.C21H16FNO2.C17H26BNO4/c1-31(2,3)39-27(38)20-26(37)19-25(36)15-18-35-29(22-9-11-24(32)12-10-22)28(21-13-16-33-17-14-21)34-30(35)23-7-5-4-6-8-23;22-18-13-11-16(12-14-18)20(24)19(15-7-3-1-4-8-15)23-21(25)17-9-5-2-6-10-17;1-17(2,3)21-16(20)12-15-11-14(9-10-19)22-18(23-15)13-7-5-4-6-8-13/h4-14,16-17,25-26,36-37H,15,18-20H2,1-3H3;1-14,19H,(H,23,25);4-8,14-15H,9-12,19H2,1-3H3/t25-,26-;;14-,15-/m1.1/s1. The highest BCUT2D eigenvalue weighted by Gasteiger charge is 2.37. The van der Waals surface area contributed by atoms with Crippen molar-refractivity contribution in [1.29, 1.82) is 0 Å². The van der Waals surface area contributed by atoms with Crippen molar-refractivity contribution in [2.75, 3.05) is 6.54 Å². The molecule has 0 saturated carbocycles. The molecule has 0 spiro atoms. The summed E-state index contributed by atoms with van der Waals surface area (Å²) in [6.45, 7) is 11.8. The Morgan fingerprint density at radius 3 is 1.78 bits per heavy atom. The Hall–Kier alpha value is -8.52. The number of hydrogen-bond donors (Lipinski definition) is 4. The number of amides is 1. The molecule has 1 unspecified atom stereocenters. The first kappa shape index (κ1) is 66.0. The van der Waals surface area contributed by atoms with Gasteiger partial charge in [0, 0.05) is 52.9 Å². The molecule has 2 aromatic heterocycles. The first-order chi connectivity index (χ1) is 41.6. The molecule has 0 bridgehead atoms. The fourth-order valence-electron chi connectivity index (χ4n) is 9.61. The normalized spacial score (nSPS) is 15.0. The molecular weight excluding hydrogens is 1110 g/mol. The number of halogens is 2. The quantitative estimate of drug-likeness (QED) is 0.0318. The van der Waals surface area contributed by atoms with Crippen molar-refractivity contribution in [3.63, 3.8) is 0 Å². The van der Waals surface area contributed by atoms with E-state index in [9.17, 15) is 38.2 Å². The molecule has 5 atom stereocenters. The molecule has 0 aliphatic carbocycles. The maximum absolute atomic E-state index is 13.8. The Labute approximate surface area is 508 Å². The van der Waals surface area contributed by atoms with E-state index in [4.69, 9.17) is 29.5 Å². The smallest absolute Gasteiger partial charge is 0.460 e. The predicted octanol–water partition coefficient (Wildman–Crippen LogP) is 11.5. The Bertz CT molecular complexity index is 3430. The fraction of sp³-hybridized carbons (Fsp3) is 0.304. The summed E-state index contributed by atoms with van der Waals surface area (Å²) in [5.74, 6) is -1.45. The van der Waals surface area contributed by atoms with Gasteiger partial charge < -0.3 is 44.6 Å². The van der Waals surface area contributed by atoms with E-state index in [-0.39, 0.29) is 54.9 Å². The Morgan fingerprint density at radius 2 is 1.20 bits per heavy atom. The van der Waals surface area contributed by atoms with Crippen LogP contribution in [0.2, 0.25) is 0 Å². The van der Waals surface area contributed by atoms with Gasteiger partial charge in [0.2, 0.25) is 0 Å². The molecule has 15 nitrogen and oxygen atoms in total. The summed E-state index contributed by atoms with van der Waals surface area (Å²) in [5, 5.41) is 24.0. The molecule has 6 aromatic carbocycles. The van der Waals surface area contributed by atoms with Crippen LogP contribution >= 0.6 is 0 Å². The van der Waals surface area contributed by atoms with Gasteiger partial charge in [0.1, 0.15) is 34.7 Å². The van der Waals surface area contributed by atoms with Crippen LogP contribution in [0.5, 0.6) is 0 Å². The third kappa shape index (κ3) is 20.9. The highest BCUT2D eigenvalue weighted by Crippen LogP contribution is 2.37. The molecular formula is C69H76BF2N5O10. The number of aliphatic hydroxyl groups is 2. The Balaban J connectivity index is 0.000000196. The lowest BCUT2D eigenvalue weighted by Gasteiger charge is -2.34. The maximum atomic E-state index is 13.8. The van der Waals surface area contributed by atoms with Crippen LogP contribution in [0, 0.1) is 11.6 Å².